The minimum absolute atomic E-state index is 0.807. The summed E-state index contributed by atoms with van der Waals surface area (Å²) >= 11 is 0. The third kappa shape index (κ3) is 0.889. The first-order chi connectivity index (χ1) is 4.29. The molecule has 3 aliphatic rings. The van der Waals surface area contributed by atoms with Crippen LogP contribution in [0.25, 0.3) is 0 Å². The summed E-state index contributed by atoms with van der Waals surface area (Å²) < 4.78 is 0. The van der Waals surface area contributed by atoms with Crippen molar-refractivity contribution < 1.29 is 0 Å². The minimum Gasteiger partial charge on any atom is -0.0596 e. The lowest BCUT2D eigenvalue weighted by atomic mass is 9.62. The van der Waals surface area contributed by atoms with Crippen LogP contribution in [0.1, 0.15) is 45.4 Å². The van der Waals surface area contributed by atoms with E-state index >= 15 is 0 Å². The SMILES string of the molecule is CC12CCCCC(C1)C2. The van der Waals surface area contributed by atoms with Crippen molar-refractivity contribution in [3.63, 3.8) is 0 Å². The molecule has 0 heterocycles. The Labute approximate surface area is 57.6 Å². The predicted molar refractivity (Wildman–Crippen MR) is 39.3 cm³/mol. The highest BCUT2D eigenvalue weighted by atomic mass is 14.5. The van der Waals surface area contributed by atoms with E-state index in [1.165, 1.54) is 25.7 Å². The van der Waals surface area contributed by atoms with Gasteiger partial charge >= 0.3 is 0 Å². The van der Waals surface area contributed by atoms with E-state index in [-0.39, 0.29) is 0 Å². The maximum atomic E-state index is 2.47. The Kier molecular flexibility index (Phi) is 1.12. The molecule has 0 unspecified atom stereocenters. The Hall–Kier alpha value is 0. The molecule has 0 atom stereocenters. The van der Waals surface area contributed by atoms with Crippen LogP contribution >= 0.6 is 0 Å². The summed E-state index contributed by atoms with van der Waals surface area (Å²) in [4.78, 5) is 0. The van der Waals surface area contributed by atoms with Gasteiger partial charge in [-0.15, -0.1) is 0 Å². The van der Waals surface area contributed by atoms with Crippen LogP contribution in [0.2, 0.25) is 0 Å². The van der Waals surface area contributed by atoms with Crippen LogP contribution in [0.4, 0.5) is 0 Å². The van der Waals surface area contributed by atoms with Crippen LogP contribution < -0.4 is 0 Å². The molecule has 0 radical (unpaired) electrons. The van der Waals surface area contributed by atoms with Gasteiger partial charge in [0.05, 0.1) is 0 Å². The Bertz CT molecular complexity index is 104. The van der Waals surface area contributed by atoms with Gasteiger partial charge in [-0.3, -0.25) is 0 Å². The zero-order valence-corrected chi connectivity index (χ0v) is 6.32. The summed E-state index contributed by atoms with van der Waals surface area (Å²) in [5.74, 6) is 1.14. The normalized spacial score (nSPS) is 49.7. The number of hydrogen-bond acceptors (Lipinski definition) is 0. The number of hydrogen-bond donors (Lipinski definition) is 0. The van der Waals surface area contributed by atoms with Crippen molar-refractivity contribution in [3.05, 3.63) is 0 Å². The van der Waals surface area contributed by atoms with Gasteiger partial charge in [0, 0.05) is 0 Å². The average Bonchev–Trinajstić information content (AvgIpc) is 1.95. The third-order valence-electron chi connectivity index (χ3n) is 3.21. The lowest BCUT2D eigenvalue weighted by Crippen LogP contribution is -2.31. The second-order valence-electron chi connectivity index (χ2n) is 4.33. The molecule has 2 bridgehead atoms. The average molecular weight is 124 g/mol. The molecule has 3 aliphatic carbocycles. The summed E-state index contributed by atoms with van der Waals surface area (Å²) in [6.07, 6.45) is 9.17. The van der Waals surface area contributed by atoms with Gasteiger partial charge in [0.1, 0.15) is 0 Å². The Morgan fingerprint density at radius 2 is 2.00 bits per heavy atom. The van der Waals surface area contributed by atoms with Crippen LogP contribution in [0.3, 0.4) is 0 Å². The fourth-order valence-corrected chi connectivity index (χ4v) is 2.73. The first-order valence-corrected chi connectivity index (χ1v) is 4.29. The molecule has 0 nitrogen and oxygen atoms in total. The molecular formula is C9H16. The second kappa shape index (κ2) is 1.74. The van der Waals surface area contributed by atoms with Crippen LogP contribution in [0.15, 0.2) is 0 Å². The van der Waals surface area contributed by atoms with Gasteiger partial charge in [0.25, 0.3) is 0 Å². The summed E-state index contributed by atoms with van der Waals surface area (Å²) in [6, 6.07) is 0. The van der Waals surface area contributed by atoms with Gasteiger partial charge in [0.2, 0.25) is 0 Å². The lowest BCUT2D eigenvalue weighted by molar-refractivity contribution is 0.0812. The van der Waals surface area contributed by atoms with Gasteiger partial charge in [-0.2, -0.15) is 0 Å². The Morgan fingerprint density at radius 3 is 2.78 bits per heavy atom. The summed E-state index contributed by atoms with van der Waals surface area (Å²) in [7, 11) is 0. The molecule has 52 valence electrons. The molecule has 0 aromatic carbocycles. The highest BCUT2D eigenvalue weighted by molar-refractivity contribution is 4.92. The molecule has 0 aromatic rings. The summed E-state index contributed by atoms with van der Waals surface area (Å²) in [5.41, 5.74) is 0.807. The van der Waals surface area contributed by atoms with Crippen molar-refractivity contribution >= 4 is 0 Å². The molecular weight excluding hydrogens is 108 g/mol. The third-order valence-corrected chi connectivity index (χ3v) is 3.21. The lowest BCUT2D eigenvalue weighted by Gasteiger charge is -2.43. The van der Waals surface area contributed by atoms with Crippen molar-refractivity contribution in [1.29, 1.82) is 0 Å². The minimum atomic E-state index is 0.807. The van der Waals surface area contributed by atoms with E-state index < -0.39 is 0 Å². The predicted octanol–water partition coefficient (Wildman–Crippen LogP) is 2.98. The van der Waals surface area contributed by atoms with Crippen molar-refractivity contribution in [1.82, 2.24) is 0 Å². The number of rotatable bonds is 0. The van der Waals surface area contributed by atoms with E-state index in [0.717, 1.165) is 11.3 Å². The number of fused-ring (bicyclic) bond motifs is 3. The van der Waals surface area contributed by atoms with Gasteiger partial charge in [-0.25, -0.2) is 0 Å². The quantitative estimate of drug-likeness (QED) is 0.465. The van der Waals surface area contributed by atoms with Crippen LogP contribution in [-0.2, 0) is 0 Å². The molecule has 0 aromatic heterocycles. The van der Waals surface area contributed by atoms with Crippen molar-refractivity contribution in [2.45, 2.75) is 45.4 Å². The van der Waals surface area contributed by atoms with E-state index in [1.54, 1.807) is 12.8 Å². The zero-order valence-electron chi connectivity index (χ0n) is 6.32. The van der Waals surface area contributed by atoms with Gasteiger partial charge in [-0.05, 0) is 30.6 Å². The maximum absolute atomic E-state index is 2.47. The fraction of sp³-hybridized carbons (Fsp3) is 1.00. The first-order valence-electron chi connectivity index (χ1n) is 4.29. The van der Waals surface area contributed by atoms with Crippen molar-refractivity contribution in [3.8, 4) is 0 Å². The van der Waals surface area contributed by atoms with Crippen molar-refractivity contribution in [2.75, 3.05) is 0 Å². The van der Waals surface area contributed by atoms with Crippen molar-refractivity contribution in [2.24, 2.45) is 11.3 Å². The monoisotopic (exact) mass is 124 g/mol. The Balaban J connectivity index is 2.03. The molecule has 0 aliphatic heterocycles. The fourth-order valence-electron chi connectivity index (χ4n) is 2.73. The molecule has 3 fully saturated rings. The molecule has 0 heteroatoms. The van der Waals surface area contributed by atoms with Crippen LogP contribution in [-0.4, -0.2) is 0 Å². The second-order valence-corrected chi connectivity index (χ2v) is 4.33. The van der Waals surface area contributed by atoms with Gasteiger partial charge < -0.3 is 0 Å². The van der Waals surface area contributed by atoms with Crippen LogP contribution in [0.5, 0.6) is 0 Å². The molecule has 0 N–H and O–H groups in total. The molecule has 0 spiro atoms. The van der Waals surface area contributed by atoms with Crippen LogP contribution in [0, 0.1) is 11.3 Å². The van der Waals surface area contributed by atoms with Gasteiger partial charge in [-0.1, -0.05) is 26.2 Å². The molecule has 3 rings (SSSR count). The zero-order chi connectivity index (χ0) is 6.32. The standard InChI is InChI=1S/C9H16/c1-9-5-3-2-4-8(6-9)7-9/h8H,2-7H2,1H3. The summed E-state index contributed by atoms with van der Waals surface area (Å²) in [6.45, 7) is 2.47. The maximum Gasteiger partial charge on any atom is -0.0321 e. The van der Waals surface area contributed by atoms with E-state index in [0.29, 0.717) is 0 Å². The van der Waals surface area contributed by atoms with Gasteiger partial charge in [0.15, 0.2) is 0 Å². The highest BCUT2D eigenvalue weighted by Crippen LogP contribution is 2.53. The van der Waals surface area contributed by atoms with E-state index in [2.05, 4.69) is 6.92 Å². The Morgan fingerprint density at radius 1 is 1.22 bits per heavy atom. The molecule has 3 saturated carbocycles. The largest absolute Gasteiger partial charge is 0.0596 e. The van der Waals surface area contributed by atoms with E-state index in [1.807, 2.05) is 0 Å². The van der Waals surface area contributed by atoms with E-state index in [4.69, 9.17) is 0 Å². The molecule has 0 amide bonds. The van der Waals surface area contributed by atoms with E-state index in [9.17, 15) is 0 Å². The topological polar surface area (TPSA) is 0 Å². The smallest absolute Gasteiger partial charge is 0.0321 e. The molecule has 9 heavy (non-hydrogen) atoms. The highest BCUT2D eigenvalue weighted by Gasteiger charge is 2.40. The first kappa shape index (κ1) is 5.76. The summed E-state index contributed by atoms with van der Waals surface area (Å²) in [5, 5.41) is 0. The molecule has 0 saturated heterocycles.